The zero-order chi connectivity index (χ0) is 17.3. The van der Waals surface area contributed by atoms with Gasteiger partial charge in [0, 0.05) is 11.6 Å². The topological polar surface area (TPSA) is 50.7 Å². The molecular formula is C12H7Cl7N4. The van der Waals surface area contributed by atoms with Gasteiger partial charge in [-0.1, -0.05) is 93.3 Å². The maximum atomic E-state index is 5.83. The van der Waals surface area contributed by atoms with Gasteiger partial charge in [-0.05, 0) is 17.7 Å². The smallest absolute Gasteiger partial charge is 0.250 e. The van der Waals surface area contributed by atoms with E-state index in [0.717, 1.165) is 5.56 Å². The molecule has 11 heteroatoms. The minimum Gasteiger partial charge on any atom is -0.350 e. The Morgan fingerprint density at radius 1 is 0.783 bits per heavy atom. The van der Waals surface area contributed by atoms with Crippen molar-refractivity contribution in [1.29, 1.82) is 0 Å². The normalized spacial score (nSPS) is 12.3. The van der Waals surface area contributed by atoms with Crippen LogP contribution in [0.25, 0.3) is 0 Å². The van der Waals surface area contributed by atoms with Crippen LogP contribution in [0.15, 0.2) is 24.3 Å². The molecule has 4 nitrogen and oxygen atoms in total. The fraction of sp³-hybridized carbons (Fsp3) is 0.250. The second-order valence-electron chi connectivity index (χ2n) is 4.28. The number of anilines is 1. The third kappa shape index (κ3) is 5.82. The summed E-state index contributed by atoms with van der Waals surface area (Å²) < 4.78 is -3.77. The maximum absolute atomic E-state index is 5.83. The highest BCUT2D eigenvalue weighted by Gasteiger charge is 2.33. The monoisotopic (exact) mass is 452 g/mol. The van der Waals surface area contributed by atoms with Crippen molar-refractivity contribution in [3.8, 4) is 0 Å². The van der Waals surface area contributed by atoms with E-state index in [4.69, 9.17) is 81.2 Å². The molecular weight excluding hydrogens is 448 g/mol. The molecule has 0 saturated heterocycles. The fourth-order valence-electron chi connectivity index (χ4n) is 1.49. The van der Waals surface area contributed by atoms with Crippen LogP contribution in [0.5, 0.6) is 0 Å². The molecule has 1 heterocycles. The van der Waals surface area contributed by atoms with Crippen molar-refractivity contribution in [2.75, 3.05) is 5.32 Å². The third-order valence-corrected chi connectivity index (χ3v) is 3.77. The van der Waals surface area contributed by atoms with E-state index in [2.05, 4.69) is 20.3 Å². The van der Waals surface area contributed by atoms with E-state index < -0.39 is 7.59 Å². The Hall–Kier alpha value is 0.0600. The van der Waals surface area contributed by atoms with Crippen molar-refractivity contribution >= 4 is 87.2 Å². The van der Waals surface area contributed by atoms with Gasteiger partial charge in [-0.15, -0.1) is 0 Å². The Kier molecular flexibility index (Phi) is 6.34. The largest absolute Gasteiger partial charge is 0.350 e. The lowest BCUT2D eigenvalue weighted by Gasteiger charge is -2.16. The zero-order valence-corrected chi connectivity index (χ0v) is 16.3. The summed E-state index contributed by atoms with van der Waals surface area (Å²) in [5.74, 6) is -0.201. The molecule has 1 N–H and O–H groups in total. The number of aromatic nitrogens is 3. The molecule has 0 atom stereocenters. The Bertz CT molecular complexity index is 647. The zero-order valence-electron chi connectivity index (χ0n) is 11.0. The van der Waals surface area contributed by atoms with Crippen molar-refractivity contribution in [2.24, 2.45) is 0 Å². The van der Waals surface area contributed by atoms with Crippen LogP contribution in [0.2, 0.25) is 5.02 Å². The van der Waals surface area contributed by atoms with Gasteiger partial charge in [-0.25, -0.2) is 4.98 Å². The van der Waals surface area contributed by atoms with Gasteiger partial charge >= 0.3 is 0 Å². The van der Waals surface area contributed by atoms with Crippen LogP contribution < -0.4 is 5.32 Å². The van der Waals surface area contributed by atoms with Crippen LogP contribution in [-0.2, 0) is 14.1 Å². The van der Waals surface area contributed by atoms with Crippen LogP contribution in [0.1, 0.15) is 17.2 Å². The second-order valence-corrected chi connectivity index (χ2v) is 9.28. The summed E-state index contributed by atoms with van der Waals surface area (Å²) in [5.41, 5.74) is 0.931. The predicted molar refractivity (Wildman–Crippen MR) is 97.1 cm³/mol. The van der Waals surface area contributed by atoms with Gasteiger partial charge in [-0.2, -0.15) is 9.97 Å². The number of hydrogen-bond donors (Lipinski definition) is 1. The molecule has 0 amide bonds. The number of rotatable bonds is 3. The molecule has 1 aromatic carbocycles. The van der Waals surface area contributed by atoms with E-state index >= 15 is 0 Å². The molecule has 0 bridgehead atoms. The molecule has 1 aromatic heterocycles. The highest BCUT2D eigenvalue weighted by Crippen LogP contribution is 2.40. The number of nitrogens with zero attached hydrogens (tertiary/aromatic N) is 3. The standard InChI is InChI=1S/C12H7Cl7N4/c13-7-3-1-6(2-4-7)5-20-10-22-8(11(14,15)16)21-9(23-10)12(17,18)19/h1-4H,5H2,(H,20,21,22,23). The molecule has 2 rings (SSSR count). The molecule has 0 aliphatic carbocycles. The van der Waals surface area contributed by atoms with Crippen molar-refractivity contribution in [3.05, 3.63) is 46.5 Å². The SMILES string of the molecule is Clc1ccc(CNc2nc(C(Cl)(Cl)Cl)nc(C(Cl)(Cl)Cl)n2)cc1. The lowest BCUT2D eigenvalue weighted by Crippen LogP contribution is -2.18. The van der Waals surface area contributed by atoms with Crippen LogP contribution in [0.4, 0.5) is 5.95 Å². The Morgan fingerprint density at radius 2 is 1.26 bits per heavy atom. The lowest BCUT2D eigenvalue weighted by molar-refractivity contribution is 0.841. The van der Waals surface area contributed by atoms with Gasteiger partial charge in [0.1, 0.15) is 0 Å². The summed E-state index contributed by atoms with van der Waals surface area (Å²) in [5, 5.41) is 3.58. The van der Waals surface area contributed by atoms with Gasteiger partial charge in [0.05, 0.1) is 0 Å². The first-order valence-corrected chi connectivity index (χ1v) is 8.59. The molecule has 23 heavy (non-hydrogen) atoms. The van der Waals surface area contributed by atoms with E-state index in [1.807, 2.05) is 12.1 Å². The van der Waals surface area contributed by atoms with Gasteiger partial charge in [0.15, 0.2) is 11.6 Å². The average Bonchev–Trinajstić information content (AvgIpc) is 2.44. The highest BCUT2D eigenvalue weighted by molar-refractivity contribution is 6.67. The number of halogens is 7. The summed E-state index contributed by atoms with van der Waals surface area (Å²) in [4.78, 5) is 11.9. The third-order valence-electron chi connectivity index (χ3n) is 2.51. The molecule has 0 fully saturated rings. The summed E-state index contributed by atoms with van der Waals surface area (Å²) in [6.45, 7) is 0.389. The molecule has 2 aromatic rings. The average molecular weight is 455 g/mol. The summed E-state index contributed by atoms with van der Waals surface area (Å²) in [6, 6.07) is 7.18. The van der Waals surface area contributed by atoms with Crippen LogP contribution in [0.3, 0.4) is 0 Å². The molecule has 0 aliphatic rings. The van der Waals surface area contributed by atoms with Crippen LogP contribution in [0, 0.1) is 0 Å². The second kappa shape index (κ2) is 7.52. The minimum atomic E-state index is -1.88. The molecule has 0 radical (unpaired) electrons. The van der Waals surface area contributed by atoms with E-state index in [9.17, 15) is 0 Å². The van der Waals surface area contributed by atoms with Crippen molar-refractivity contribution < 1.29 is 0 Å². The predicted octanol–water partition coefficient (Wildman–Crippen LogP) is 5.79. The van der Waals surface area contributed by atoms with Crippen molar-refractivity contribution in [3.63, 3.8) is 0 Å². The lowest BCUT2D eigenvalue weighted by atomic mass is 10.2. The number of hydrogen-bond acceptors (Lipinski definition) is 4. The summed E-state index contributed by atoms with van der Waals surface area (Å²) in [7, 11) is 0. The van der Waals surface area contributed by atoms with Gasteiger partial charge in [-0.3, -0.25) is 0 Å². The molecule has 0 aliphatic heterocycles. The van der Waals surface area contributed by atoms with Crippen LogP contribution in [-0.4, -0.2) is 15.0 Å². The van der Waals surface area contributed by atoms with E-state index in [1.165, 1.54) is 0 Å². The number of nitrogens with one attached hydrogen (secondary N) is 1. The van der Waals surface area contributed by atoms with Gasteiger partial charge in [0.25, 0.3) is 0 Å². The fourth-order valence-corrected chi connectivity index (χ4v) is 2.12. The maximum Gasteiger partial charge on any atom is 0.250 e. The first-order valence-electron chi connectivity index (χ1n) is 5.94. The van der Waals surface area contributed by atoms with Gasteiger partial charge < -0.3 is 5.32 Å². The van der Waals surface area contributed by atoms with Crippen molar-refractivity contribution in [1.82, 2.24) is 15.0 Å². The molecule has 124 valence electrons. The first kappa shape index (κ1) is 19.4. The molecule has 0 saturated carbocycles. The quantitative estimate of drug-likeness (QED) is 0.596. The first-order chi connectivity index (χ1) is 10.6. The Labute approximate surface area is 167 Å². The van der Waals surface area contributed by atoms with Gasteiger partial charge in [0.2, 0.25) is 13.5 Å². The molecule has 0 spiro atoms. The summed E-state index contributed by atoms with van der Waals surface area (Å²) >= 11 is 40.6. The van der Waals surface area contributed by atoms with Crippen LogP contribution >= 0.6 is 81.2 Å². The number of alkyl halides is 6. The minimum absolute atomic E-state index is 0.109. The van der Waals surface area contributed by atoms with Crippen molar-refractivity contribution in [2.45, 2.75) is 14.1 Å². The molecule has 0 unspecified atom stereocenters. The van der Waals surface area contributed by atoms with E-state index in [0.29, 0.717) is 11.6 Å². The summed E-state index contributed by atoms with van der Waals surface area (Å²) in [6.07, 6.45) is 0. The Morgan fingerprint density at radius 3 is 1.70 bits per heavy atom. The Balaban J connectivity index is 2.28. The number of benzene rings is 1. The van der Waals surface area contributed by atoms with E-state index in [-0.39, 0.29) is 17.6 Å². The van der Waals surface area contributed by atoms with E-state index in [1.54, 1.807) is 12.1 Å². The highest BCUT2D eigenvalue weighted by atomic mass is 35.6.